The van der Waals surface area contributed by atoms with E-state index in [1.165, 1.54) is 0 Å². The number of carboxylic acid groups (broad SMARTS) is 1. The molecule has 3 atom stereocenters. The molecule has 168 valence electrons. The Labute approximate surface area is 185 Å². The molecule has 1 aliphatic carbocycles. The highest BCUT2D eigenvalue weighted by molar-refractivity contribution is 5.86. The summed E-state index contributed by atoms with van der Waals surface area (Å²) in [6.45, 7) is 1.76. The fourth-order valence-electron chi connectivity index (χ4n) is 4.55. The van der Waals surface area contributed by atoms with E-state index in [1.54, 1.807) is 6.92 Å². The Morgan fingerprint density at radius 2 is 1.69 bits per heavy atom. The van der Waals surface area contributed by atoms with Gasteiger partial charge in [-0.2, -0.15) is 0 Å². The van der Waals surface area contributed by atoms with E-state index in [2.05, 4.69) is 17.4 Å². The standard InChI is InChI=1S/C24H26N2O6/c1-14(22(28)26-12-15(27)10-21(26)23(29)30)11-25-24(31)32-13-20-18-8-4-2-6-16(18)17-7-3-5-9-19(17)20/h2-9,14-15,20-21,27H,10-13H2,1H3,(H,25,31)(H,29,30)/t14?,15-,21-/m0/s1. The number of benzene rings is 2. The van der Waals surface area contributed by atoms with E-state index < -0.39 is 36.0 Å². The summed E-state index contributed by atoms with van der Waals surface area (Å²) < 4.78 is 5.46. The molecule has 32 heavy (non-hydrogen) atoms. The summed E-state index contributed by atoms with van der Waals surface area (Å²) in [4.78, 5) is 37.4. The van der Waals surface area contributed by atoms with Crippen molar-refractivity contribution in [2.24, 2.45) is 5.92 Å². The molecule has 8 nitrogen and oxygen atoms in total. The molecule has 0 bridgehead atoms. The molecule has 1 aliphatic heterocycles. The van der Waals surface area contributed by atoms with Crippen LogP contribution in [0, 0.1) is 5.92 Å². The normalized spacial score (nSPS) is 20.4. The summed E-state index contributed by atoms with van der Waals surface area (Å²) in [6.07, 6.45) is -1.49. The van der Waals surface area contributed by atoms with Gasteiger partial charge < -0.3 is 25.2 Å². The number of carbonyl (C=O) groups excluding carboxylic acids is 2. The zero-order chi connectivity index (χ0) is 22.8. The van der Waals surface area contributed by atoms with Crippen LogP contribution in [0.5, 0.6) is 0 Å². The maximum Gasteiger partial charge on any atom is 0.407 e. The zero-order valence-electron chi connectivity index (χ0n) is 17.7. The number of alkyl carbamates (subject to hydrolysis) is 1. The van der Waals surface area contributed by atoms with Gasteiger partial charge in [0, 0.05) is 25.4 Å². The van der Waals surface area contributed by atoms with Gasteiger partial charge in [-0.15, -0.1) is 0 Å². The Morgan fingerprint density at radius 3 is 2.28 bits per heavy atom. The number of rotatable bonds is 6. The number of amides is 2. The first-order valence-corrected chi connectivity index (χ1v) is 10.7. The van der Waals surface area contributed by atoms with Gasteiger partial charge in [0.1, 0.15) is 12.6 Å². The average molecular weight is 438 g/mol. The summed E-state index contributed by atoms with van der Waals surface area (Å²) in [5.74, 6) is -2.28. The Morgan fingerprint density at radius 1 is 1.09 bits per heavy atom. The van der Waals surface area contributed by atoms with Crippen molar-refractivity contribution in [1.29, 1.82) is 0 Å². The van der Waals surface area contributed by atoms with Crippen LogP contribution in [-0.2, 0) is 14.3 Å². The molecule has 1 unspecified atom stereocenters. The number of nitrogens with one attached hydrogen (secondary N) is 1. The van der Waals surface area contributed by atoms with E-state index in [9.17, 15) is 24.6 Å². The minimum absolute atomic E-state index is 0.00754. The van der Waals surface area contributed by atoms with Crippen LogP contribution < -0.4 is 5.32 Å². The number of fused-ring (bicyclic) bond motifs is 3. The number of hydrogen-bond acceptors (Lipinski definition) is 5. The average Bonchev–Trinajstić information content (AvgIpc) is 3.34. The van der Waals surface area contributed by atoms with Crippen molar-refractivity contribution in [2.45, 2.75) is 31.4 Å². The molecule has 3 N–H and O–H groups in total. The van der Waals surface area contributed by atoms with Crippen LogP contribution in [-0.4, -0.2) is 64.9 Å². The van der Waals surface area contributed by atoms with Crippen LogP contribution in [0.4, 0.5) is 4.79 Å². The van der Waals surface area contributed by atoms with Gasteiger partial charge in [-0.3, -0.25) is 4.79 Å². The molecule has 2 aromatic rings. The Hall–Kier alpha value is -3.39. The van der Waals surface area contributed by atoms with Gasteiger partial charge in [0.25, 0.3) is 0 Å². The highest BCUT2D eigenvalue weighted by Gasteiger charge is 2.40. The number of carbonyl (C=O) groups is 3. The molecule has 0 aromatic heterocycles. The van der Waals surface area contributed by atoms with Crippen molar-refractivity contribution in [3.05, 3.63) is 59.7 Å². The summed E-state index contributed by atoms with van der Waals surface area (Å²) in [6, 6.07) is 15.0. The van der Waals surface area contributed by atoms with Crippen LogP contribution in [0.15, 0.2) is 48.5 Å². The number of carboxylic acids is 1. The number of aliphatic hydroxyl groups excluding tert-OH is 1. The zero-order valence-corrected chi connectivity index (χ0v) is 17.7. The van der Waals surface area contributed by atoms with Crippen molar-refractivity contribution in [1.82, 2.24) is 10.2 Å². The summed E-state index contributed by atoms with van der Waals surface area (Å²) in [7, 11) is 0. The monoisotopic (exact) mass is 438 g/mol. The Balaban J connectivity index is 1.32. The summed E-state index contributed by atoms with van der Waals surface area (Å²) in [5.41, 5.74) is 4.49. The number of β-amino-alcohol motifs (C(OH)–C–C–N with tert-alkyl or cyclic N) is 1. The fraction of sp³-hybridized carbons (Fsp3) is 0.375. The highest BCUT2D eigenvalue weighted by atomic mass is 16.5. The molecular formula is C24H26N2O6. The molecule has 1 saturated heterocycles. The largest absolute Gasteiger partial charge is 0.480 e. The van der Waals surface area contributed by atoms with Crippen LogP contribution in [0.25, 0.3) is 11.1 Å². The summed E-state index contributed by atoms with van der Waals surface area (Å²) in [5, 5.41) is 21.6. The molecule has 0 spiro atoms. The van der Waals surface area contributed by atoms with Crippen molar-refractivity contribution in [2.75, 3.05) is 19.7 Å². The SMILES string of the molecule is CC(CNC(=O)OCC1c2ccccc2-c2ccccc21)C(=O)N1C[C@@H](O)C[C@H]1C(=O)O. The van der Waals surface area contributed by atoms with Gasteiger partial charge >= 0.3 is 12.1 Å². The van der Waals surface area contributed by atoms with E-state index in [1.807, 2.05) is 36.4 Å². The Bertz CT molecular complexity index is 993. The van der Waals surface area contributed by atoms with Crippen LogP contribution in [0.2, 0.25) is 0 Å². The summed E-state index contributed by atoms with van der Waals surface area (Å²) >= 11 is 0. The van der Waals surface area contributed by atoms with E-state index in [0.29, 0.717) is 0 Å². The van der Waals surface area contributed by atoms with Gasteiger partial charge in [-0.25, -0.2) is 9.59 Å². The van der Waals surface area contributed by atoms with Gasteiger partial charge in [0.2, 0.25) is 5.91 Å². The fourth-order valence-corrected chi connectivity index (χ4v) is 4.55. The maximum atomic E-state index is 12.6. The molecule has 4 rings (SSSR count). The second-order valence-corrected chi connectivity index (χ2v) is 8.34. The van der Waals surface area contributed by atoms with Crippen molar-refractivity contribution < 1.29 is 29.3 Å². The van der Waals surface area contributed by atoms with Crippen LogP contribution in [0.1, 0.15) is 30.4 Å². The van der Waals surface area contributed by atoms with E-state index in [0.717, 1.165) is 27.2 Å². The molecule has 8 heteroatoms. The molecule has 2 amide bonds. The number of ether oxygens (including phenoxy) is 1. The maximum absolute atomic E-state index is 12.6. The molecule has 0 radical (unpaired) electrons. The van der Waals surface area contributed by atoms with Crippen LogP contribution in [0.3, 0.4) is 0 Å². The third kappa shape index (κ3) is 4.18. The quantitative estimate of drug-likeness (QED) is 0.637. The second kappa shape index (κ2) is 9.00. The van der Waals surface area contributed by atoms with Gasteiger partial charge in [-0.1, -0.05) is 55.5 Å². The molecule has 2 aliphatic rings. The second-order valence-electron chi connectivity index (χ2n) is 8.34. The lowest BCUT2D eigenvalue weighted by Gasteiger charge is -2.24. The van der Waals surface area contributed by atoms with Crippen molar-refractivity contribution in [3.63, 3.8) is 0 Å². The third-order valence-corrected chi connectivity index (χ3v) is 6.16. The molecular weight excluding hydrogens is 412 g/mol. The minimum atomic E-state index is -1.15. The third-order valence-electron chi connectivity index (χ3n) is 6.16. The number of aliphatic hydroxyl groups is 1. The molecule has 1 heterocycles. The predicted octanol–water partition coefficient (Wildman–Crippen LogP) is 2.21. The van der Waals surface area contributed by atoms with Crippen molar-refractivity contribution in [3.8, 4) is 11.1 Å². The minimum Gasteiger partial charge on any atom is -0.480 e. The first-order chi connectivity index (χ1) is 15.4. The molecule has 0 saturated carbocycles. The lowest BCUT2D eigenvalue weighted by molar-refractivity contribution is -0.149. The first-order valence-electron chi connectivity index (χ1n) is 10.7. The number of hydrogen-bond donors (Lipinski definition) is 3. The van der Waals surface area contributed by atoms with E-state index in [4.69, 9.17) is 4.74 Å². The Kier molecular flexibility index (Phi) is 6.14. The number of nitrogens with zero attached hydrogens (tertiary/aromatic N) is 1. The number of likely N-dealkylation sites (tertiary alicyclic amines) is 1. The van der Waals surface area contributed by atoms with Crippen LogP contribution >= 0.6 is 0 Å². The van der Waals surface area contributed by atoms with Gasteiger partial charge in [0.15, 0.2) is 0 Å². The lowest BCUT2D eigenvalue weighted by atomic mass is 9.98. The highest BCUT2D eigenvalue weighted by Crippen LogP contribution is 2.44. The van der Waals surface area contributed by atoms with Crippen molar-refractivity contribution >= 4 is 18.0 Å². The van der Waals surface area contributed by atoms with Gasteiger partial charge in [-0.05, 0) is 22.3 Å². The number of aliphatic carboxylic acids is 1. The van der Waals surface area contributed by atoms with E-state index >= 15 is 0 Å². The topological polar surface area (TPSA) is 116 Å². The van der Waals surface area contributed by atoms with E-state index in [-0.39, 0.29) is 32.0 Å². The smallest absolute Gasteiger partial charge is 0.407 e. The lowest BCUT2D eigenvalue weighted by Crippen LogP contribution is -2.45. The van der Waals surface area contributed by atoms with Gasteiger partial charge in [0.05, 0.1) is 12.0 Å². The molecule has 2 aromatic carbocycles. The molecule has 1 fully saturated rings. The first kappa shape index (κ1) is 21.8. The predicted molar refractivity (Wildman–Crippen MR) is 116 cm³/mol.